The van der Waals surface area contributed by atoms with Gasteiger partial charge in [-0.05, 0) is 12.2 Å². The molecule has 0 aromatic rings. The molecule has 0 aliphatic carbocycles. The van der Waals surface area contributed by atoms with Crippen LogP contribution in [0.1, 0.15) is 0 Å². The van der Waals surface area contributed by atoms with E-state index in [4.69, 9.17) is 0 Å². The normalized spacial score (nSPS) is 7.60. The second-order valence-electron chi connectivity index (χ2n) is 0.971. The van der Waals surface area contributed by atoms with Crippen LogP contribution in [-0.4, -0.2) is 11.9 Å². The van der Waals surface area contributed by atoms with Crippen LogP contribution in [0.15, 0.2) is 12.2 Å². The van der Waals surface area contributed by atoms with Crippen molar-refractivity contribution in [3.05, 3.63) is 12.2 Å². The molecule has 0 spiro atoms. The number of hydrogen-bond donors (Lipinski definition) is 1. The molecule has 0 atom stereocenters. The summed E-state index contributed by atoms with van der Waals surface area (Å²) in [5, 5.41) is 18.8. The fourth-order valence-corrected chi connectivity index (χ4v) is 0.136. The summed E-state index contributed by atoms with van der Waals surface area (Å²) in [6.45, 7) is 0. The molecule has 5 nitrogen and oxygen atoms in total. The third kappa shape index (κ3) is 15.6. The second-order valence-corrected chi connectivity index (χ2v) is 0.971. The van der Waals surface area contributed by atoms with Crippen LogP contribution in [0.3, 0.4) is 0 Å². The van der Waals surface area contributed by atoms with Gasteiger partial charge in [0.15, 0.2) is 0 Å². The Bertz CT molecular complexity index is 128. The molecular weight excluding hydrogens is 217 g/mol. The summed E-state index contributed by atoms with van der Waals surface area (Å²) in [6, 6.07) is 0. The number of carbonyl (C=O) groups is 2. The Morgan fingerprint density at radius 2 is 1.20 bits per heavy atom. The molecule has 0 aliphatic heterocycles. The minimum absolute atomic E-state index is 0. The Morgan fingerprint density at radius 1 is 1.00 bits per heavy atom. The summed E-state index contributed by atoms with van der Waals surface area (Å²) in [4.78, 5) is 18.8. The zero-order valence-corrected chi connectivity index (χ0v) is 7.75. The zero-order valence-electron chi connectivity index (χ0n) is 5.29. The van der Waals surface area contributed by atoms with Gasteiger partial charge in [0, 0.05) is 0 Å². The first-order valence-electron chi connectivity index (χ1n) is 1.73. The van der Waals surface area contributed by atoms with Gasteiger partial charge in [0.1, 0.15) is 0 Å². The first kappa shape index (κ1) is 16.3. The Morgan fingerprint density at radius 3 is 1.30 bits per heavy atom. The molecule has 0 fully saturated rings. The Kier molecular flexibility index (Phi) is 13.9. The van der Waals surface area contributed by atoms with Gasteiger partial charge in [-0.2, -0.15) is 0 Å². The van der Waals surface area contributed by atoms with Gasteiger partial charge in [-0.15, -0.1) is 0 Å². The molecule has 1 radical (unpaired) electrons. The van der Waals surface area contributed by atoms with Crippen LogP contribution < -0.4 is 16.4 Å². The number of hydrogen-bond acceptors (Lipinski definition) is 4. The standard InChI is InChI=1S/C4H4O4.H3N.Zr/c5-3(6)1-2-4(7)8;;/h1-2H,(H,5,6)(H,7,8);1H3;/q;;+1/p-1. The summed E-state index contributed by atoms with van der Waals surface area (Å²) in [5.41, 5.74) is 0. The van der Waals surface area contributed by atoms with E-state index in [1.807, 2.05) is 0 Å². The molecule has 0 unspecified atom stereocenters. The van der Waals surface area contributed by atoms with E-state index in [9.17, 15) is 19.8 Å². The zero-order chi connectivity index (χ0) is 6.57. The van der Waals surface area contributed by atoms with Crippen molar-refractivity contribution in [1.82, 2.24) is 6.15 Å². The average Bonchev–Trinajstić information content (AvgIpc) is 1.61. The van der Waals surface area contributed by atoms with Crippen molar-refractivity contribution in [3.63, 3.8) is 0 Å². The van der Waals surface area contributed by atoms with Gasteiger partial charge in [0.2, 0.25) is 0 Å². The third-order valence-corrected chi connectivity index (χ3v) is 0.355. The third-order valence-electron chi connectivity index (χ3n) is 0.355. The Labute approximate surface area is 76.4 Å². The molecule has 0 saturated heterocycles. The van der Waals surface area contributed by atoms with Gasteiger partial charge in [0.05, 0.1) is 11.9 Å². The average molecular weight is 223 g/mol. The van der Waals surface area contributed by atoms with E-state index in [0.717, 1.165) is 0 Å². The molecule has 0 bridgehead atoms. The van der Waals surface area contributed by atoms with Gasteiger partial charge in [-0.1, -0.05) is 0 Å². The monoisotopic (exact) mass is 222 g/mol. The second kappa shape index (κ2) is 8.52. The van der Waals surface area contributed by atoms with Crippen molar-refractivity contribution >= 4 is 11.9 Å². The van der Waals surface area contributed by atoms with Gasteiger partial charge in [-0.25, -0.2) is 0 Å². The number of carbonyl (C=O) groups excluding carboxylic acids is 2. The molecule has 0 aliphatic rings. The van der Waals surface area contributed by atoms with Crippen molar-refractivity contribution < 1.29 is 46.0 Å². The number of carboxylic acids is 2. The fraction of sp³-hybridized carbons (Fsp3) is 0. The number of aliphatic carboxylic acids is 2. The van der Waals surface area contributed by atoms with E-state index in [-0.39, 0.29) is 32.4 Å². The van der Waals surface area contributed by atoms with Crippen LogP contribution >= 0.6 is 0 Å². The van der Waals surface area contributed by atoms with Crippen LogP contribution in [0.25, 0.3) is 0 Å². The number of quaternary nitrogens is 1. The van der Waals surface area contributed by atoms with Crippen molar-refractivity contribution in [2.24, 2.45) is 0 Å². The molecule has 4 N–H and O–H groups in total. The van der Waals surface area contributed by atoms with Crippen LogP contribution in [0.4, 0.5) is 0 Å². The number of carboxylic acid groups (broad SMARTS) is 2. The van der Waals surface area contributed by atoms with Gasteiger partial charge < -0.3 is 26.0 Å². The SMILES string of the molecule is O=C([O-])C=CC(=O)[O-].[NH4+].[Zr+]. The molecule has 6 heteroatoms. The molecule has 0 amide bonds. The smallest absolute Gasteiger partial charge is 0.545 e. The van der Waals surface area contributed by atoms with Gasteiger partial charge in [0.25, 0.3) is 0 Å². The van der Waals surface area contributed by atoms with E-state index in [1.54, 1.807) is 0 Å². The molecule has 0 aromatic heterocycles. The molecule has 0 saturated carbocycles. The molecule has 0 aromatic carbocycles. The fourth-order valence-electron chi connectivity index (χ4n) is 0.136. The minimum Gasteiger partial charge on any atom is -0.545 e. The van der Waals surface area contributed by atoms with E-state index in [0.29, 0.717) is 12.2 Å². The van der Waals surface area contributed by atoms with Crippen LogP contribution in [0, 0.1) is 0 Å². The summed E-state index contributed by atoms with van der Waals surface area (Å²) in [6.07, 6.45) is 0.769. The van der Waals surface area contributed by atoms with Crippen molar-refractivity contribution in [1.29, 1.82) is 0 Å². The molecule has 10 heavy (non-hydrogen) atoms. The maximum Gasteiger partial charge on any atom is 1.00 e. The predicted octanol–water partition coefficient (Wildman–Crippen LogP) is -2.58. The molecule has 0 heterocycles. The first-order chi connectivity index (χ1) is 3.63. The molecule has 0 rings (SSSR count). The maximum absolute atomic E-state index is 9.41. The van der Waals surface area contributed by atoms with Crippen molar-refractivity contribution in [2.45, 2.75) is 0 Å². The summed E-state index contributed by atoms with van der Waals surface area (Å²) in [7, 11) is 0. The Hall–Kier alpha value is -0.477. The topological polar surface area (TPSA) is 117 Å². The number of rotatable bonds is 2. The largest absolute Gasteiger partial charge is 1.00 e. The first-order valence-corrected chi connectivity index (χ1v) is 1.73. The Balaban J connectivity index is -0.000000245. The molecular formula is C4H6NO4Zr. The minimum atomic E-state index is -1.55. The quantitative estimate of drug-likeness (QED) is 0.517. The van der Waals surface area contributed by atoms with Crippen LogP contribution in [0.5, 0.6) is 0 Å². The summed E-state index contributed by atoms with van der Waals surface area (Å²) in [5.74, 6) is -3.09. The van der Waals surface area contributed by atoms with Gasteiger partial charge >= 0.3 is 26.2 Å². The van der Waals surface area contributed by atoms with Crippen LogP contribution in [0.2, 0.25) is 0 Å². The van der Waals surface area contributed by atoms with Gasteiger partial charge in [-0.3, -0.25) is 0 Å². The van der Waals surface area contributed by atoms with E-state index in [1.165, 1.54) is 0 Å². The van der Waals surface area contributed by atoms with Crippen LogP contribution in [-0.2, 0) is 35.8 Å². The van der Waals surface area contributed by atoms with Crippen molar-refractivity contribution in [2.75, 3.05) is 0 Å². The van der Waals surface area contributed by atoms with Crippen molar-refractivity contribution in [3.8, 4) is 0 Å². The molecule has 55 valence electrons. The van der Waals surface area contributed by atoms with E-state index < -0.39 is 11.9 Å². The van der Waals surface area contributed by atoms with E-state index in [2.05, 4.69) is 0 Å². The predicted molar refractivity (Wildman–Crippen MR) is 25.1 cm³/mol. The summed E-state index contributed by atoms with van der Waals surface area (Å²) < 4.78 is 0. The maximum atomic E-state index is 9.41. The summed E-state index contributed by atoms with van der Waals surface area (Å²) >= 11 is 0. The van der Waals surface area contributed by atoms with E-state index >= 15 is 0 Å².